The third-order valence-corrected chi connectivity index (χ3v) is 2.72. The first kappa shape index (κ1) is 7.80. The number of hydrogen-bond donors (Lipinski definition) is 1. The number of fused-ring (bicyclic) bond motifs is 1. The van der Waals surface area contributed by atoms with Crippen LogP contribution in [0.25, 0.3) is 0 Å². The van der Waals surface area contributed by atoms with E-state index >= 15 is 0 Å². The van der Waals surface area contributed by atoms with E-state index in [0.717, 1.165) is 18.9 Å². The number of imidazole rings is 1. The number of aromatic nitrogens is 2. The highest BCUT2D eigenvalue weighted by Gasteiger charge is 2.20. The molecule has 1 aromatic rings. The Morgan fingerprint density at radius 3 is 3.33 bits per heavy atom. The summed E-state index contributed by atoms with van der Waals surface area (Å²) in [4.78, 5) is 4.30. The third kappa shape index (κ3) is 1.05. The molecule has 0 spiro atoms. The van der Waals surface area contributed by atoms with Gasteiger partial charge in [0.15, 0.2) is 0 Å². The van der Waals surface area contributed by atoms with Gasteiger partial charge in [0.25, 0.3) is 0 Å². The number of rotatable bonds is 1. The quantitative estimate of drug-likeness (QED) is 0.675. The van der Waals surface area contributed by atoms with Crippen molar-refractivity contribution < 1.29 is 0 Å². The van der Waals surface area contributed by atoms with Crippen molar-refractivity contribution in [2.45, 2.75) is 32.2 Å². The van der Waals surface area contributed by atoms with E-state index in [2.05, 4.69) is 16.5 Å². The summed E-state index contributed by atoms with van der Waals surface area (Å²) in [6.07, 6.45) is 4.44. The normalized spacial score (nSPS) is 22.3. The Morgan fingerprint density at radius 2 is 2.58 bits per heavy atom. The predicted octanol–water partition coefficient (Wildman–Crippen LogP) is 1.03. The topological polar surface area (TPSA) is 43.8 Å². The first-order chi connectivity index (χ1) is 5.83. The molecule has 12 heavy (non-hydrogen) atoms. The summed E-state index contributed by atoms with van der Waals surface area (Å²) in [6.45, 7) is 3.94. The molecule has 0 saturated heterocycles. The predicted molar refractivity (Wildman–Crippen MR) is 48.0 cm³/mol. The van der Waals surface area contributed by atoms with Crippen LogP contribution in [0, 0.1) is 6.92 Å². The molecule has 0 radical (unpaired) electrons. The lowest BCUT2D eigenvalue weighted by atomic mass is 9.97. The van der Waals surface area contributed by atoms with Crippen LogP contribution in [0.2, 0.25) is 0 Å². The van der Waals surface area contributed by atoms with Gasteiger partial charge >= 0.3 is 0 Å². The minimum atomic E-state index is 0.542. The molecule has 1 aromatic heterocycles. The smallest absolute Gasteiger partial charge is 0.105 e. The Bertz CT molecular complexity index is 277. The third-order valence-electron chi connectivity index (χ3n) is 2.72. The summed E-state index contributed by atoms with van der Waals surface area (Å²) in [6, 6.07) is 0. The van der Waals surface area contributed by atoms with E-state index in [-0.39, 0.29) is 0 Å². The molecule has 66 valence electrons. The van der Waals surface area contributed by atoms with Gasteiger partial charge in [-0.25, -0.2) is 4.98 Å². The number of aryl methyl sites for hydroxylation is 1. The number of nitrogens with two attached hydrogens (primary N) is 1. The van der Waals surface area contributed by atoms with Crippen LogP contribution in [0.3, 0.4) is 0 Å². The van der Waals surface area contributed by atoms with Crippen molar-refractivity contribution in [1.29, 1.82) is 0 Å². The van der Waals surface area contributed by atoms with Gasteiger partial charge in [0, 0.05) is 30.9 Å². The van der Waals surface area contributed by atoms with Crippen molar-refractivity contribution in [2.24, 2.45) is 5.73 Å². The van der Waals surface area contributed by atoms with Crippen LogP contribution in [0.5, 0.6) is 0 Å². The van der Waals surface area contributed by atoms with E-state index in [4.69, 9.17) is 5.73 Å². The second-order valence-electron chi connectivity index (χ2n) is 3.46. The first-order valence-electron chi connectivity index (χ1n) is 4.55. The molecule has 2 heterocycles. The summed E-state index contributed by atoms with van der Waals surface area (Å²) in [7, 11) is 0. The highest BCUT2D eigenvalue weighted by molar-refractivity contribution is 5.13. The summed E-state index contributed by atoms with van der Waals surface area (Å²) < 4.78 is 2.29. The Balaban J connectivity index is 2.38. The minimum Gasteiger partial charge on any atom is -0.332 e. The zero-order chi connectivity index (χ0) is 8.55. The van der Waals surface area contributed by atoms with Gasteiger partial charge in [-0.1, -0.05) is 0 Å². The van der Waals surface area contributed by atoms with Crippen LogP contribution in [-0.2, 0) is 6.54 Å². The average molecular weight is 165 g/mol. The lowest BCUT2D eigenvalue weighted by molar-refractivity contribution is 0.453. The van der Waals surface area contributed by atoms with Gasteiger partial charge in [0.1, 0.15) is 5.82 Å². The second kappa shape index (κ2) is 2.90. The van der Waals surface area contributed by atoms with Gasteiger partial charge in [-0.05, 0) is 19.8 Å². The molecule has 0 bridgehead atoms. The zero-order valence-corrected chi connectivity index (χ0v) is 7.45. The molecule has 3 nitrogen and oxygen atoms in total. The van der Waals surface area contributed by atoms with Crippen LogP contribution in [0.4, 0.5) is 0 Å². The molecule has 2 N–H and O–H groups in total. The van der Waals surface area contributed by atoms with E-state index < -0.39 is 0 Å². The van der Waals surface area contributed by atoms with E-state index in [1.807, 2.05) is 6.20 Å². The second-order valence-corrected chi connectivity index (χ2v) is 3.46. The Hall–Kier alpha value is -0.830. The molecule has 2 rings (SSSR count). The molecule has 1 unspecified atom stereocenters. The number of nitrogens with zero attached hydrogens (tertiary/aromatic N) is 2. The molecule has 1 aliphatic rings. The lowest BCUT2D eigenvalue weighted by Gasteiger charge is -2.23. The summed E-state index contributed by atoms with van der Waals surface area (Å²) in [5, 5.41) is 0. The summed E-state index contributed by atoms with van der Waals surface area (Å²) >= 11 is 0. The molecule has 0 amide bonds. The molecule has 0 aliphatic carbocycles. The molecular weight excluding hydrogens is 150 g/mol. The standard InChI is InChI=1S/C9H15N3/c1-7-11-6-9-8(5-10)3-2-4-12(7)9/h6,8H,2-5,10H2,1H3. The molecular formula is C9H15N3. The van der Waals surface area contributed by atoms with Crippen LogP contribution in [-0.4, -0.2) is 16.1 Å². The molecule has 0 fully saturated rings. The SMILES string of the molecule is Cc1ncc2n1CCCC2CN. The monoisotopic (exact) mass is 165 g/mol. The fourth-order valence-electron chi connectivity index (χ4n) is 1.98. The summed E-state index contributed by atoms with van der Waals surface area (Å²) in [5.74, 6) is 1.67. The molecule has 1 atom stereocenters. The van der Waals surface area contributed by atoms with Gasteiger partial charge in [0.2, 0.25) is 0 Å². The molecule has 0 aromatic carbocycles. The zero-order valence-electron chi connectivity index (χ0n) is 7.45. The molecule has 1 aliphatic heterocycles. The maximum absolute atomic E-state index is 5.69. The largest absolute Gasteiger partial charge is 0.332 e. The van der Waals surface area contributed by atoms with E-state index in [1.165, 1.54) is 18.5 Å². The van der Waals surface area contributed by atoms with E-state index in [1.54, 1.807) is 0 Å². The van der Waals surface area contributed by atoms with Crippen molar-refractivity contribution in [1.82, 2.24) is 9.55 Å². The number of hydrogen-bond acceptors (Lipinski definition) is 2. The van der Waals surface area contributed by atoms with Gasteiger partial charge in [-0.15, -0.1) is 0 Å². The van der Waals surface area contributed by atoms with Gasteiger partial charge < -0.3 is 10.3 Å². The highest BCUT2D eigenvalue weighted by Crippen LogP contribution is 2.26. The van der Waals surface area contributed by atoms with Crippen molar-refractivity contribution in [3.8, 4) is 0 Å². The maximum Gasteiger partial charge on any atom is 0.105 e. The van der Waals surface area contributed by atoms with Crippen LogP contribution in [0.15, 0.2) is 6.20 Å². The molecule has 3 heteroatoms. The molecule has 0 saturated carbocycles. The summed E-state index contributed by atoms with van der Waals surface area (Å²) in [5.41, 5.74) is 7.02. The fraction of sp³-hybridized carbons (Fsp3) is 0.667. The highest BCUT2D eigenvalue weighted by atomic mass is 15.1. The van der Waals surface area contributed by atoms with Crippen molar-refractivity contribution in [3.05, 3.63) is 17.7 Å². The first-order valence-corrected chi connectivity index (χ1v) is 4.55. The Labute approximate surface area is 72.6 Å². The van der Waals surface area contributed by atoms with E-state index in [9.17, 15) is 0 Å². The van der Waals surface area contributed by atoms with Crippen molar-refractivity contribution in [3.63, 3.8) is 0 Å². The minimum absolute atomic E-state index is 0.542. The lowest BCUT2D eigenvalue weighted by Crippen LogP contribution is -2.21. The average Bonchev–Trinajstić information content (AvgIpc) is 2.48. The van der Waals surface area contributed by atoms with E-state index in [0.29, 0.717) is 5.92 Å². The van der Waals surface area contributed by atoms with Crippen molar-refractivity contribution >= 4 is 0 Å². The fourth-order valence-corrected chi connectivity index (χ4v) is 1.98. The van der Waals surface area contributed by atoms with Crippen LogP contribution in [0.1, 0.15) is 30.3 Å². The van der Waals surface area contributed by atoms with Crippen LogP contribution >= 0.6 is 0 Å². The maximum atomic E-state index is 5.69. The van der Waals surface area contributed by atoms with Gasteiger partial charge in [-0.2, -0.15) is 0 Å². The van der Waals surface area contributed by atoms with Gasteiger partial charge in [-0.3, -0.25) is 0 Å². The van der Waals surface area contributed by atoms with Crippen molar-refractivity contribution in [2.75, 3.05) is 6.54 Å². The Kier molecular flexibility index (Phi) is 1.89. The van der Waals surface area contributed by atoms with Crippen LogP contribution < -0.4 is 5.73 Å². The Morgan fingerprint density at radius 1 is 1.75 bits per heavy atom. The van der Waals surface area contributed by atoms with Gasteiger partial charge in [0.05, 0.1) is 0 Å².